The Bertz CT molecular complexity index is 223. The van der Waals surface area contributed by atoms with Crippen LogP contribution < -0.4 is 5.73 Å². The third-order valence-electron chi connectivity index (χ3n) is 0.816. The third kappa shape index (κ3) is 1.22. The SMILES string of the molecule is Nc1nccc(C=O)n1. The van der Waals surface area contributed by atoms with Gasteiger partial charge in [0, 0.05) is 6.20 Å². The summed E-state index contributed by atoms with van der Waals surface area (Å²) in [6, 6.07) is 1.49. The second kappa shape index (κ2) is 2.21. The van der Waals surface area contributed by atoms with Crippen LogP contribution in [-0.2, 0) is 0 Å². The first-order valence-corrected chi connectivity index (χ1v) is 2.36. The zero-order valence-corrected chi connectivity index (χ0v) is 4.61. The predicted molar refractivity (Wildman–Crippen MR) is 31.8 cm³/mol. The minimum Gasteiger partial charge on any atom is -0.368 e. The average molecular weight is 123 g/mol. The molecular weight excluding hydrogens is 118 g/mol. The van der Waals surface area contributed by atoms with Gasteiger partial charge in [-0.2, -0.15) is 0 Å². The molecule has 0 unspecified atom stereocenters. The molecule has 4 nitrogen and oxygen atoms in total. The second-order valence-electron chi connectivity index (χ2n) is 1.46. The summed E-state index contributed by atoms with van der Waals surface area (Å²) in [4.78, 5) is 17.2. The Kier molecular flexibility index (Phi) is 1.40. The largest absolute Gasteiger partial charge is 0.368 e. The van der Waals surface area contributed by atoms with Gasteiger partial charge in [-0.1, -0.05) is 0 Å². The number of aldehydes is 1. The number of carbonyl (C=O) groups excluding carboxylic acids is 1. The summed E-state index contributed by atoms with van der Waals surface area (Å²) in [5.41, 5.74) is 5.46. The van der Waals surface area contributed by atoms with Crippen LogP contribution in [0.15, 0.2) is 12.3 Å². The highest BCUT2D eigenvalue weighted by molar-refractivity contribution is 5.71. The van der Waals surface area contributed by atoms with Crippen molar-refractivity contribution >= 4 is 12.2 Å². The maximum absolute atomic E-state index is 10.0. The van der Waals surface area contributed by atoms with E-state index in [1.165, 1.54) is 12.3 Å². The fraction of sp³-hybridized carbons (Fsp3) is 0. The molecule has 0 spiro atoms. The van der Waals surface area contributed by atoms with Crippen molar-refractivity contribution in [2.24, 2.45) is 0 Å². The van der Waals surface area contributed by atoms with Crippen LogP contribution in [0.25, 0.3) is 0 Å². The predicted octanol–water partition coefficient (Wildman–Crippen LogP) is -0.129. The molecule has 0 radical (unpaired) electrons. The Morgan fingerprint density at radius 1 is 1.67 bits per heavy atom. The quantitative estimate of drug-likeness (QED) is 0.528. The van der Waals surface area contributed by atoms with Crippen molar-refractivity contribution in [3.8, 4) is 0 Å². The van der Waals surface area contributed by atoms with E-state index in [4.69, 9.17) is 5.73 Å². The van der Waals surface area contributed by atoms with Gasteiger partial charge in [-0.15, -0.1) is 0 Å². The van der Waals surface area contributed by atoms with E-state index in [-0.39, 0.29) is 5.95 Å². The van der Waals surface area contributed by atoms with E-state index in [1.807, 2.05) is 0 Å². The van der Waals surface area contributed by atoms with Gasteiger partial charge >= 0.3 is 0 Å². The molecule has 0 aliphatic heterocycles. The van der Waals surface area contributed by atoms with E-state index in [0.29, 0.717) is 12.0 Å². The Hall–Kier alpha value is -1.45. The number of aromatic nitrogens is 2. The molecule has 0 atom stereocenters. The van der Waals surface area contributed by atoms with E-state index in [1.54, 1.807) is 0 Å². The molecular formula is C5H5N3O. The fourth-order valence-corrected chi connectivity index (χ4v) is 0.454. The Balaban J connectivity index is 3.07. The maximum atomic E-state index is 10.0. The summed E-state index contributed by atoms with van der Waals surface area (Å²) < 4.78 is 0. The van der Waals surface area contributed by atoms with E-state index in [9.17, 15) is 4.79 Å². The van der Waals surface area contributed by atoms with Crippen LogP contribution in [0.1, 0.15) is 10.5 Å². The molecule has 0 aliphatic rings. The lowest BCUT2D eigenvalue weighted by atomic mass is 10.4. The zero-order chi connectivity index (χ0) is 6.69. The molecule has 1 aromatic heterocycles. The minimum atomic E-state index is 0.125. The van der Waals surface area contributed by atoms with Crippen LogP contribution in [0.5, 0.6) is 0 Å². The summed E-state index contributed by atoms with van der Waals surface area (Å²) in [6.45, 7) is 0. The van der Waals surface area contributed by atoms with E-state index >= 15 is 0 Å². The first kappa shape index (κ1) is 5.68. The lowest BCUT2D eigenvalue weighted by Crippen LogP contribution is -1.96. The van der Waals surface area contributed by atoms with Crippen LogP contribution >= 0.6 is 0 Å². The number of anilines is 1. The number of rotatable bonds is 1. The van der Waals surface area contributed by atoms with Gasteiger partial charge in [0.25, 0.3) is 0 Å². The van der Waals surface area contributed by atoms with Crippen molar-refractivity contribution in [1.29, 1.82) is 0 Å². The topological polar surface area (TPSA) is 68.9 Å². The summed E-state index contributed by atoms with van der Waals surface area (Å²) in [6.07, 6.45) is 2.06. The third-order valence-corrected chi connectivity index (χ3v) is 0.816. The highest BCUT2D eigenvalue weighted by Crippen LogP contribution is 1.90. The molecule has 0 saturated carbocycles. The van der Waals surface area contributed by atoms with Gasteiger partial charge < -0.3 is 5.73 Å². The maximum Gasteiger partial charge on any atom is 0.220 e. The lowest BCUT2D eigenvalue weighted by Gasteiger charge is -1.88. The Labute approximate surface area is 51.7 Å². The number of nitrogens with zero attached hydrogens (tertiary/aromatic N) is 2. The second-order valence-corrected chi connectivity index (χ2v) is 1.46. The van der Waals surface area contributed by atoms with Crippen molar-refractivity contribution in [1.82, 2.24) is 9.97 Å². The highest BCUT2D eigenvalue weighted by atomic mass is 16.1. The van der Waals surface area contributed by atoms with Gasteiger partial charge in [-0.3, -0.25) is 4.79 Å². The van der Waals surface area contributed by atoms with Gasteiger partial charge in [-0.25, -0.2) is 9.97 Å². The van der Waals surface area contributed by atoms with Gasteiger partial charge in [0.1, 0.15) is 5.69 Å². The monoisotopic (exact) mass is 123 g/mol. The smallest absolute Gasteiger partial charge is 0.220 e. The van der Waals surface area contributed by atoms with Crippen LogP contribution in [-0.4, -0.2) is 16.3 Å². The number of nitrogen functional groups attached to an aromatic ring is 1. The van der Waals surface area contributed by atoms with Crippen molar-refractivity contribution in [3.05, 3.63) is 18.0 Å². The van der Waals surface area contributed by atoms with E-state index in [2.05, 4.69) is 9.97 Å². The summed E-state index contributed by atoms with van der Waals surface area (Å²) >= 11 is 0. The average Bonchev–Trinajstić information content (AvgIpc) is 1.88. The molecule has 0 saturated heterocycles. The minimum absolute atomic E-state index is 0.125. The Morgan fingerprint density at radius 2 is 2.44 bits per heavy atom. The van der Waals surface area contributed by atoms with Crippen LogP contribution in [0, 0.1) is 0 Å². The van der Waals surface area contributed by atoms with Crippen LogP contribution in [0.4, 0.5) is 5.95 Å². The molecule has 0 fully saturated rings. The first-order valence-electron chi connectivity index (χ1n) is 2.36. The zero-order valence-electron chi connectivity index (χ0n) is 4.61. The molecule has 1 heterocycles. The molecule has 0 amide bonds. The molecule has 4 heteroatoms. The molecule has 46 valence electrons. The van der Waals surface area contributed by atoms with E-state index in [0.717, 1.165) is 0 Å². The normalized spacial score (nSPS) is 8.89. The van der Waals surface area contributed by atoms with Gasteiger partial charge in [-0.05, 0) is 6.07 Å². The van der Waals surface area contributed by atoms with Crippen LogP contribution in [0.2, 0.25) is 0 Å². The number of carbonyl (C=O) groups is 1. The summed E-state index contributed by atoms with van der Waals surface area (Å²) in [5, 5.41) is 0. The standard InChI is InChI=1S/C5H5N3O/c6-5-7-2-1-4(3-9)8-5/h1-3H,(H2,6,7,8). The molecule has 1 rings (SSSR count). The number of nitrogens with two attached hydrogens (primary N) is 1. The molecule has 0 bridgehead atoms. The summed E-state index contributed by atoms with van der Waals surface area (Å²) in [5.74, 6) is 0.125. The lowest BCUT2D eigenvalue weighted by molar-refractivity contribution is 0.111. The van der Waals surface area contributed by atoms with Gasteiger partial charge in [0.2, 0.25) is 5.95 Å². The summed E-state index contributed by atoms with van der Waals surface area (Å²) in [7, 11) is 0. The van der Waals surface area contributed by atoms with Crippen molar-refractivity contribution < 1.29 is 4.79 Å². The first-order chi connectivity index (χ1) is 4.33. The van der Waals surface area contributed by atoms with Crippen molar-refractivity contribution in [3.63, 3.8) is 0 Å². The van der Waals surface area contributed by atoms with Gasteiger partial charge in [0.05, 0.1) is 0 Å². The number of hydrogen-bond acceptors (Lipinski definition) is 4. The van der Waals surface area contributed by atoms with Crippen molar-refractivity contribution in [2.75, 3.05) is 5.73 Å². The van der Waals surface area contributed by atoms with E-state index < -0.39 is 0 Å². The van der Waals surface area contributed by atoms with Crippen molar-refractivity contribution in [2.45, 2.75) is 0 Å². The van der Waals surface area contributed by atoms with Gasteiger partial charge in [0.15, 0.2) is 6.29 Å². The fourth-order valence-electron chi connectivity index (χ4n) is 0.454. The highest BCUT2D eigenvalue weighted by Gasteiger charge is 1.89. The Morgan fingerprint density at radius 3 is 2.89 bits per heavy atom. The molecule has 0 aliphatic carbocycles. The van der Waals surface area contributed by atoms with Crippen LogP contribution in [0.3, 0.4) is 0 Å². The molecule has 1 aromatic rings. The number of hydrogen-bond donors (Lipinski definition) is 1. The molecule has 2 N–H and O–H groups in total. The molecule has 0 aromatic carbocycles. The molecule has 9 heavy (non-hydrogen) atoms.